The van der Waals surface area contributed by atoms with Crippen molar-refractivity contribution in [2.45, 2.75) is 51.3 Å². The van der Waals surface area contributed by atoms with Gasteiger partial charge in [0, 0.05) is 13.2 Å². The maximum Gasteiger partial charge on any atom is 0.0755 e. The Morgan fingerprint density at radius 2 is 2.56 bits per heavy atom. The number of hydrogen-bond donors (Lipinski definition) is 1. The van der Waals surface area contributed by atoms with Crippen LogP contribution in [0.3, 0.4) is 0 Å². The van der Waals surface area contributed by atoms with Crippen molar-refractivity contribution in [3.8, 4) is 0 Å². The monoisotopic (exact) mass is 224 g/mol. The van der Waals surface area contributed by atoms with Crippen molar-refractivity contribution in [1.29, 1.82) is 0 Å². The van der Waals surface area contributed by atoms with Gasteiger partial charge in [0.2, 0.25) is 0 Å². The molecule has 0 saturated carbocycles. The van der Waals surface area contributed by atoms with Crippen LogP contribution < -0.4 is 5.73 Å². The second-order valence-electron chi connectivity index (χ2n) is 4.36. The van der Waals surface area contributed by atoms with E-state index in [4.69, 9.17) is 10.5 Å². The summed E-state index contributed by atoms with van der Waals surface area (Å²) in [5.41, 5.74) is 7.19. The average molecular weight is 224 g/mol. The molecule has 1 aromatic rings. The number of rotatable bonds is 5. The minimum Gasteiger partial charge on any atom is -0.378 e. The smallest absolute Gasteiger partial charge is 0.0755 e. The zero-order valence-electron chi connectivity index (χ0n) is 9.80. The van der Waals surface area contributed by atoms with Crippen LogP contribution in [0.1, 0.15) is 44.3 Å². The Morgan fingerprint density at radius 3 is 3.25 bits per heavy atom. The molecular weight excluding hydrogens is 204 g/mol. The summed E-state index contributed by atoms with van der Waals surface area (Å²) in [5, 5.41) is 7.98. The highest BCUT2D eigenvalue weighted by atomic mass is 16.5. The molecule has 2 atom stereocenters. The molecule has 0 aliphatic carbocycles. The number of aromatic nitrogens is 3. The predicted octanol–water partition coefficient (Wildman–Crippen LogP) is 1.26. The summed E-state index contributed by atoms with van der Waals surface area (Å²) < 4.78 is 7.49. The van der Waals surface area contributed by atoms with Crippen molar-refractivity contribution < 1.29 is 4.74 Å². The van der Waals surface area contributed by atoms with Crippen LogP contribution >= 0.6 is 0 Å². The highest BCUT2D eigenvalue weighted by Gasteiger charge is 2.21. The van der Waals surface area contributed by atoms with Gasteiger partial charge in [0.1, 0.15) is 0 Å². The van der Waals surface area contributed by atoms with Crippen LogP contribution in [0.15, 0.2) is 6.20 Å². The summed E-state index contributed by atoms with van der Waals surface area (Å²) >= 11 is 0. The van der Waals surface area contributed by atoms with Crippen LogP contribution in [0, 0.1) is 0 Å². The van der Waals surface area contributed by atoms with Crippen LogP contribution in [-0.2, 0) is 11.3 Å². The van der Waals surface area contributed by atoms with Crippen molar-refractivity contribution in [2.24, 2.45) is 5.73 Å². The molecule has 90 valence electrons. The zero-order valence-corrected chi connectivity index (χ0v) is 9.80. The molecule has 1 aliphatic rings. The molecule has 2 rings (SSSR count). The van der Waals surface area contributed by atoms with E-state index in [1.807, 2.05) is 4.68 Å². The molecule has 1 aromatic heterocycles. The first-order chi connectivity index (χ1) is 7.81. The number of aryl methyl sites for hydroxylation is 1. The van der Waals surface area contributed by atoms with E-state index in [0.29, 0.717) is 6.10 Å². The van der Waals surface area contributed by atoms with Crippen LogP contribution in [-0.4, -0.2) is 27.7 Å². The lowest BCUT2D eigenvalue weighted by Crippen LogP contribution is -2.21. The van der Waals surface area contributed by atoms with Crippen LogP contribution in [0.5, 0.6) is 0 Å². The summed E-state index contributed by atoms with van der Waals surface area (Å²) in [5.74, 6) is 0. The zero-order chi connectivity index (χ0) is 11.4. The molecule has 1 aliphatic heterocycles. The lowest BCUT2D eigenvalue weighted by molar-refractivity contribution is 0.0975. The minimum atomic E-state index is -0.00958. The van der Waals surface area contributed by atoms with E-state index < -0.39 is 0 Å². The third-order valence-electron chi connectivity index (χ3n) is 3.00. The Morgan fingerprint density at radius 1 is 1.69 bits per heavy atom. The molecular formula is C11H20N4O. The summed E-state index contributed by atoms with van der Waals surface area (Å²) in [4.78, 5) is 0. The number of nitrogens with two attached hydrogens (primary N) is 1. The molecule has 1 saturated heterocycles. The largest absolute Gasteiger partial charge is 0.378 e. The molecule has 2 N–H and O–H groups in total. The van der Waals surface area contributed by atoms with Crippen molar-refractivity contribution in [3.63, 3.8) is 0 Å². The van der Waals surface area contributed by atoms with Gasteiger partial charge in [0.25, 0.3) is 0 Å². The van der Waals surface area contributed by atoms with E-state index in [0.717, 1.165) is 44.5 Å². The topological polar surface area (TPSA) is 66.0 Å². The van der Waals surface area contributed by atoms with E-state index in [2.05, 4.69) is 17.2 Å². The molecule has 0 bridgehead atoms. The fourth-order valence-electron chi connectivity index (χ4n) is 2.17. The van der Waals surface area contributed by atoms with Gasteiger partial charge in [-0.05, 0) is 25.7 Å². The van der Waals surface area contributed by atoms with Crippen molar-refractivity contribution in [2.75, 3.05) is 6.61 Å². The van der Waals surface area contributed by atoms with Gasteiger partial charge >= 0.3 is 0 Å². The highest BCUT2D eigenvalue weighted by Crippen LogP contribution is 2.22. The molecule has 1 fully saturated rings. The summed E-state index contributed by atoms with van der Waals surface area (Å²) in [6, 6.07) is -0.00958. The fraction of sp³-hybridized carbons (Fsp3) is 0.818. The van der Waals surface area contributed by atoms with Gasteiger partial charge in [-0.25, -0.2) is 4.68 Å². The van der Waals surface area contributed by atoms with E-state index >= 15 is 0 Å². The van der Waals surface area contributed by atoms with Gasteiger partial charge in [-0.1, -0.05) is 12.1 Å². The lowest BCUT2D eigenvalue weighted by atomic mass is 10.1. The molecule has 16 heavy (non-hydrogen) atoms. The Hall–Kier alpha value is -0.940. The first kappa shape index (κ1) is 11.5. The molecule has 0 amide bonds. The van der Waals surface area contributed by atoms with Crippen LogP contribution in [0.2, 0.25) is 0 Å². The van der Waals surface area contributed by atoms with Gasteiger partial charge in [-0.3, -0.25) is 0 Å². The molecule has 0 spiro atoms. The third kappa shape index (κ3) is 2.59. The average Bonchev–Trinajstić information content (AvgIpc) is 2.89. The minimum absolute atomic E-state index is 0.00958. The lowest BCUT2D eigenvalue weighted by Gasteiger charge is -2.16. The fourth-order valence-corrected chi connectivity index (χ4v) is 2.17. The van der Waals surface area contributed by atoms with E-state index in [1.54, 1.807) is 6.20 Å². The van der Waals surface area contributed by atoms with Gasteiger partial charge < -0.3 is 10.5 Å². The Kier molecular flexibility index (Phi) is 3.90. The van der Waals surface area contributed by atoms with Crippen LogP contribution in [0.25, 0.3) is 0 Å². The Labute approximate surface area is 96.0 Å². The second-order valence-corrected chi connectivity index (χ2v) is 4.36. The molecule has 5 heteroatoms. The predicted molar refractivity (Wildman–Crippen MR) is 60.8 cm³/mol. The second kappa shape index (κ2) is 5.41. The maximum atomic E-state index is 6.17. The Balaban J connectivity index is 1.96. The van der Waals surface area contributed by atoms with Gasteiger partial charge in [-0.2, -0.15) is 0 Å². The molecule has 2 heterocycles. The van der Waals surface area contributed by atoms with Gasteiger partial charge in [0.15, 0.2) is 0 Å². The molecule has 5 nitrogen and oxygen atoms in total. The highest BCUT2D eigenvalue weighted by molar-refractivity contribution is 5.01. The first-order valence-corrected chi connectivity index (χ1v) is 6.06. The van der Waals surface area contributed by atoms with Crippen molar-refractivity contribution >= 4 is 0 Å². The van der Waals surface area contributed by atoms with E-state index in [9.17, 15) is 0 Å². The Bertz CT molecular complexity index is 320. The quantitative estimate of drug-likeness (QED) is 0.817. The number of hydrogen-bond acceptors (Lipinski definition) is 4. The van der Waals surface area contributed by atoms with E-state index in [1.165, 1.54) is 0 Å². The standard InChI is InChI=1S/C11H20N4O/c1-2-5-15-11(8-13-14-15)10(12)7-9-4-3-6-16-9/h8-10H,2-7,12H2,1H3. The molecule has 0 radical (unpaired) electrons. The van der Waals surface area contributed by atoms with Crippen molar-refractivity contribution in [3.05, 3.63) is 11.9 Å². The number of nitrogens with zero attached hydrogens (tertiary/aromatic N) is 3. The SMILES string of the molecule is CCCn1nncc1C(N)CC1CCCO1. The summed E-state index contributed by atoms with van der Waals surface area (Å²) in [6.07, 6.45) is 6.29. The summed E-state index contributed by atoms with van der Waals surface area (Å²) in [7, 11) is 0. The van der Waals surface area contributed by atoms with Crippen LogP contribution in [0.4, 0.5) is 0 Å². The van der Waals surface area contributed by atoms with Crippen molar-refractivity contribution in [1.82, 2.24) is 15.0 Å². The molecule has 2 unspecified atom stereocenters. The summed E-state index contributed by atoms with van der Waals surface area (Å²) in [6.45, 7) is 3.88. The first-order valence-electron chi connectivity index (χ1n) is 6.06. The molecule has 0 aromatic carbocycles. The normalized spacial score (nSPS) is 22.5. The maximum absolute atomic E-state index is 6.17. The van der Waals surface area contributed by atoms with E-state index in [-0.39, 0.29) is 6.04 Å². The number of ether oxygens (including phenoxy) is 1. The van der Waals surface area contributed by atoms with Gasteiger partial charge in [-0.15, -0.1) is 5.10 Å². The van der Waals surface area contributed by atoms with Gasteiger partial charge in [0.05, 0.1) is 24.0 Å². The third-order valence-corrected chi connectivity index (χ3v) is 3.00.